The quantitative estimate of drug-likeness (QED) is 0.731. The normalized spacial score (nSPS) is 12.2. The van der Waals surface area contributed by atoms with E-state index in [9.17, 15) is 9.90 Å². The molecule has 0 fully saturated rings. The number of aliphatic carboxylic acids is 1. The summed E-state index contributed by atoms with van der Waals surface area (Å²) in [7, 11) is 0. The lowest BCUT2D eigenvalue weighted by Crippen LogP contribution is -2.23. The van der Waals surface area contributed by atoms with Crippen LogP contribution in [0.15, 0.2) is 42.5 Å². The zero-order chi connectivity index (χ0) is 14.4. The van der Waals surface area contributed by atoms with Crippen molar-refractivity contribution in [2.75, 3.05) is 6.61 Å². The second kappa shape index (κ2) is 7.19. The highest BCUT2D eigenvalue weighted by molar-refractivity contribution is 7.12. The summed E-state index contributed by atoms with van der Waals surface area (Å²) in [4.78, 5) is 12.5. The second-order valence-electron chi connectivity index (χ2n) is 4.47. The predicted octanol–water partition coefficient (Wildman–Crippen LogP) is 2.20. The molecule has 2 rings (SSSR count). The first-order valence-electron chi connectivity index (χ1n) is 6.37. The van der Waals surface area contributed by atoms with Gasteiger partial charge in [-0.2, -0.15) is 0 Å². The van der Waals surface area contributed by atoms with Gasteiger partial charge in [0.05, 0.1) is 19.1 Å². The standard InChI is InChI=1S/C15H17NO3S/c17-10-14(11-4-2-1-3-5-11)16-9-13-7-6-12(20-13)8-15(18)19/h1-7,14,16-17H,8-10H2,(H,18,19)/t14-/m1/s1. The number of thiophene rings is 1. The van der Waals surface area contributed by atoms with E-state index in [1.54, 1.807) is 0 Å². The number of aliphatic hydroxyl groups excluding tert-OH is 1. The maximum atomic E-state index is 10.6. The number of carbonyl (C=O) groups is 1. The maximum absolute atomic E-state index is 10.6. The van der Waals surface area contributed by atoms with E-state index < -0.39 is 5.97 Å². The lowest BCUT2D eigenvalue weighted by atomic mass is 10.1. The monoisotopic (exact) mass is 291 g/mol. The molecule has 20 heavy (non-hydrogen) atoms. The number of hydrogen-bond acceptors (Lipinski definition) is 4. The molecule has 3 N–H and O–H groups in total. The molecule has 0 bridgehead atoms. The lowest BCUT2D eigenvalue weighted by Gasteiger charge is -2.16. The van der Waals surface area contributed by atoms with Gasteiger partial charge in [0.2, 0.25) is 0 Å². The molecule has 5 heteroatoms. The van der Waals surface area contributed by atoms with Crippen molar-refractivity contribution in [2.24, 2.45) is 0 Å². The molecule has 0 aliphatic heterocycles. The number of carboxylic acid groups (broad SMARTS) is 1. The molecule has 0 amide bonds. The molecular weight excluding hydrogens is 274 g/mol. The average molecular weight is 291 g/mol. The molecule has 4 nitrogen and oxygen atoms in total. The van der Waals surface area contributed by atoms with Crippen molar-refractivity contribution in [1.82, 2.24) is 5.32 Å². The molecule has 106 valence electrons. The minimum atomic E-state index is -0.816. The van der Waals surface area contributed by atoms with Gasteiger partial charge in [0, 0.05) is 16.3 Å². The van der Waals surface area contributed by atoms with Crippen molar-refractivity contribution in [3.8, 4) is 0 Å². The van der Waals surface area contributed by atoms with Crippen LogP contribution < -0.4 is 5.32 Å². The van der Waals surface area contributed by atoms with Crippen molar-refractivity contribution < 1.29 is 15.0 Å². The van der Waals surface area contributed by atoms with Gasteiger partial charge in [0.15, 0.2) is 0 Å². The van der Waals surface area contributed by atoms with Gasteiger partial charge in [-0.1, -0.05) is 30.3 Å². The van der Waals surface area contributed by atoms with Crippen LogP contribution in [0.2, 0.25) is 0 Å². The van der Waals surface area contributed by atoms with Crippen LogP contribution in [0, 0.1) is 0 Å². The first-order chi connectivity index (χ1) is 9.69. The molecule has 0 saturated heterocycles. The zero-order valence-corrected chi connectivity index (χ0v) is 11.8. The number of rotatable bonds is 7. The van der Waals surface area contributed by atoms with Crippen molar-refractivity contribution in [3.05, 3.63) is 57.8 Å². The zero-order valence-electron chi connectivity index (χ0n) is 11.0. The number of aliphatic hydroxyl groups is 1. The van der Waals surface area contributed by atoms with Gasteiger partial charge in [0.25, 0.3) is 0 Å². The summed E-state index contributed by atoms with van der Waals surface area (Å²) in [5, 5.41) is 21.5. The third kappa shape index (κ3) is 4.16. The van der Waals surface area contributed by atoms with E-state index in [-0.39, 0.29) is 19.1 Å². The van der Waals surface area contributed by atoms with E-state index in [1.807, 2.05) is 42.5 Å². The highest BCUT2D eigenvalue weighted by Gasteiger charge is 2.10. The highest BCUT2D eigenvalue weighted by Crippen LogP contribution is 2.19. The number of carboxylic acids is 1. The summed E-state index contributed by atoms with van der Waals surface area (Å²) >= 11 is 1.48. The van der Waals surface area contributed by atoms with E-state index in [0.29, 0.717) is 6.54 Å². The van der Waals surface area contributed by atoms with Crippen LogP contribution in [0.4, 0.5) is 0 Å². The van der Waals surface area contributed by atoms with Gasteiger partial charge < -0.3 is 15.5 Å². The van der Waals surface area contributed by atoms with Crippen LogP contribution in [0.25, 0.3) is 0 Å². The highest BCUT2D eigenvalue weighted by atomic mass is 32.1. The van der Waals surface area contributed by atoms with Crippen molar-refractivity contribution in [3.63, 3.8) is 0 Å². The summed E-state index contributed by atoms with van der Waals surface area (Å²) < 4.78 is 0. The van der Waals surface area contributed by atoms with Gasteiger partial charge in [-0.3, -0.25) is 4.79 Å². The molecule has 1 heterocycles. The summed E-state index contributed by atoms with van der Waals surface area (Å²) in [5.41, 5.74) is 1.04. The fourth-order valence-electron chi connectivity index (χ4n) is 1.96. The van der Waals surface area contributed by atoms with E-state index >= 15 is 0 Å². The molecule has 0 aliphatic carbocycles. The number of nitrogens with one attached hydrogen (secondary N) is 1. The molecule has 0 spiro atoms. The van der Waals surface area contributed by atoms with E-state index in [2.05, 4.69) is 5.32 Å². The second-order valence-corrected chi connectivity index (χ2v) is 5.72. The summed E-state index contributed by atoms with van der Waals surface area (Å²) in [5.74, 6) is -0.816. The Bertz CT molecular complexity index is 553. The molecule has 0 radical (unpaired) electrons. The Balaban J connectivity index is 1.93. The minimum Gasteiger partial charge on any atom is -0.481 e. The Morgan fingerprint density at radius 2 is 1.85 bits per heavy atom. The fraction of sp³-hybridized carbons (Fsp3) is 0.267. The van der Waals surface area contributed by atoms with Crippen LogP contribution in [-0.4, -0.2) is 22.8 Å². The smallest absolute Gasteiger partial charge is 0.308 e. The van der Waals surface area contributed by atoms with E-state index in [0.717, 1.165) is 15.3 Å². The largest absolute Gasteiger partial charge is 0.481 e. The van der Waals surface area contributed by atoms with Crippen molar-refractivity contribution >= 4 is 17.3 Å². The molecule has 1 aromatic carbocycles. The molecule has 0 saturated carbocycles. The number of hydrogen-bond donors (Lipinski definition) is 3. The Labute approximate surface area is 121 Å². The fourth-order valence-corrected chi connectivity index (χ4v) is 2.92. The maximum Gasteiger partial charge on any atom is 0.308 e. The van der Waals surface area contributed by atoms with Crippen LogP contribution in [0.1, 0.15) is 21.4 Å². The molecule has 2 aromatic rings. The molecular formula is C15H17NO3S. The van der Waals surface area contributed by atoms with Crippen LogP contribution in [0.3, 0.4) is 0 Å². The van der Waals surface area contributed by atoms with Crippen molar-refractivity contribution in [1.29, 1.82) is 0 Å². The molecule has 1 atom stereocenters. The predicted molar refractivity (Wildman–Crippen MR) is 78.8 cm³/mol. The van der Waals surface area contributed by atoms with Gasteiger partial charge in [-0.05, 0) is 17.7 Å². The van der Waals surface area contributed by atoms with Crippen molar-refractivity contribution in [2.45, 2.75) is 19.0 Å². The summed E-state index contributed by atoms with van der Waals surface area (Å²) in [6.45, 7) is 0.641. The summed E-state index contributed by atoms with van der Waals surface area (Å²) in [6, 6.07) is 13.4. The van der Waals surface area contributed by atoms with E-state index in [4.69, 9.17) is 5.11 Å². The van der Waals surface area contributed by atoms with Gasteiger partial charge in [-0.15, -0.1) is 11.3 Å². The van der Waals surface area contributed by atoms with Gasteiger partial charge >= 0.3 is 5.97 Å². The topological polar surface area (TPSA) is 69.6 Å². The lowest BCUT2D eigenvalue weighted by molar-refractivity contribution is -0.136. The molecule has 0 aliphatic rings. The Kier molecular flexibility index (Phi) is 5.29. The van der Waals surface area contributed by atoms with Crippen LogP contribution >= 0.6 is 11.3 Å². The summed E-state index contributed by atoms with van der Waals surface area (Å²) in [6.07, 6.45) is 0.0623. The van der Waals surface area contributed by atoms with Gasteiger partial charge in [-0.25, -0.2) is 0 Å². The Hall–Kier alpha value is -1.69. The Morgan fingerprint density at radius 3 is 2.50 bits per heavy atom. The minimum absolute atomic E-state index is 0.0252. The molecule has 1 aromatic heterocycles. The van der Waals surface area contributed by atoms with E-state index in [1.165, 1.54) is 11.3 Å². The van der Waals surface area contributed by atoms with Gasteiger partial charge in [0.1, 0.15) is 0 Å². The molecule has 0 unspecified atom stereocenters. The third-order valence-electron chi connectivity index (χ3n) is 2.95. The SMILES string of the molecule is O=C(O)Cc1ccc(CN[C@H](CO)c2ccccc2)s1. The van der Waals surface area contributed by atoms with Crippen LogP contribution in [0.5, 0.6) is 0 Å². The average Bonchev–Trinajstić information content (AvgIpc) is 2.87. The Morgan fingerprint density at radius 1 is 1.15 bits per heavy atom. The number of benzene rings is 1. The first kappa shape index (κ1) is 14.7. The van der Waals surface area contributed by atoms with Crippen LogP contribution in [-0.2, 0) is 17.8 Å². The first-order valence-corrected chi connectivity index (χ1v) is 7.19. The third-order valence-corrected chi connectivity index (χ3v) is 4.04.